The molecule has 0 N–H and O–H groups in total. The third kappa shape index (κ3) is 9.06. The van der Waals surface area contributed by atoms with Crippen LogP contribution in [0.5, 0.6) is 0 Å². The van der Waals surface area contributed by atoms with Crippen molar-refractivity contribution in [3.05, 3.63) is 0 Å². The van der Waals surface area contributed by atoms with Gasteiger partial charge < -0.3 is 28.4 Å². The minimum absolute atomic E-state index is 0. The molecule has 0 aromatic rings. The molecule has 0 radical (unpaired) electrons. The molecule has 46 heavy (non-hydrogen) atoms. The predicted molar refractivity (Wildman–Crippen MR) is 118 cm³/mol. The van der Waals surface area contributed by atoms with Gasteiger partial charge in [0.05, 0.1) is 79.3 Å². The quantitative estimate of drug-likeness (QED) is 0.314. The summed E-state index contributed by atoms with van der Waals surface area (Å²) >= 11 is 0. The summed E-state index contributed by atoms with van der Waals surface area (Å²) in [5, 5.41) is 7.82. The molecule has 1 rings (SSSR count). The zero-order chi connectivity index (χ0) is 35.6. The Labute approximate surface area is 307 Å². The molecule has 0 spiro atoms. The molecular weight excluding hydrogens is 837 g/mol. The monoisotopic (exact) mass is 863 g/mol. The summed E-state index contributed by atoms with van der Waals surface area (Å²) in [7, 11) is 0. The first-order chi connectivity index (χ1) is 20.2. The molecule has 272 valence electrons. The Morgan fingerprint density at radius 1 is 0.413 bits per heavy atom. The van der Waals surface area contributed by atoms with E-state index >= 15 is 0 Å². The molecule has 0 amide bonds. The van der Waals surface area contributed by atoms with E-state index in [1.165, 1.54) is 0 Å². The number of halogens is 17. The van der Waals surface area contributed by atoms with Gasteiger partial charge in [-0.05, 0) is 0 Å². The van der Waals surface area contributed by atoms with Crippen LogP contribution in [0.2, 0.25) is 0 Å². The SMILES string of the molecule is C1COCCOCCOCCOCCOCCO1.N#CC[P-](F)(F)(C(F)(F)C(F)(F)F)(C(F)(F)C(F)(F)F)C(F)(F)C(F)(F)F.[Cs+]. The van der Waals surface area contributed by atoms with E-state index in [1.54, 1.807) is 0 Å². The number of rotatable bonds is 4. The summed E-state index contributed by atoms with van der Waals surface area (Å²) in [6, 6.07) is -0.905. The van der Waals surface area contributed by atoms with Crippen molar-refractivity contribution in [1.82, 2.24) is 0 Å². The molecule has 0 unspecified atom stereocenters. The van der Waals surface area contributed by atoms with E-state index in [9.17, 15) is 74.3 Å². The van der Waals surface area contributed by atoms with E-state index < -0.39 is 54.3 Å². The Kier molecular flexibility index (Phi) is 18.7. The molecule has 0 atom stereocenters. The van der Waals surface area contributed by atoms with E-state index in [1.807, 2.05) is 0 Å². The molecule has 1 fully saturated rings. The van der Waals surface area contributed by atoms with E-state index in [0.717, 1.165) is 0 Å². The average Bonchev–Trinajstić information content (AvgIpc) is 2.87. The van der Waals surface area contributed by atoms with Gasteiger partial charge in [0, 0.05) is 0 Å². The van der Waals surface area contributed by atoms with Crippen molar-refractivity contribution in [2.24, 2.45) is 0 Å². The molecule has 26 heteroatoms. The van der Waals surface area contributed by atoms with Crippen molar-refractivity contribution < 1.29 is 172 Å². The van der Waals surface area contributed by atoms with Gasteiger partial charge in [-0.15, -0.1) is 0 Å². The maximum atomic E-state index is 14.5. The minimum atomic E-state index is -13.9. The number of alkyl halides is 15. The molecule has 7 nitrogen and oxygen atoms in total. The first-order valence-electron chi connectivity index (χ1n) is 12.0. The first-order valence-corrected chi connectivity index (χ1v) is 14.6. The van der Waals surface area contributed by atoms with Gasteiger partial charge in [-0.3, -0.25) is 0 Å². The van der Waals surface area contributed by atoms with Crippen LogP contribution in [-0.2, 0) is 28.4 Å². The number of nitrogens with zero attached hydrogens (tertiary/aromatic N) is 1. The predicted octanol–water partition coefficient (Wildman–Crippen LogP) is 3.94. The van der Waals surface area contributed by atoms with Crippen LogP contribution in [0.4, 0.5) is 74.3 Å². The molecular formula is C20H26CsF17NO6P. The summed E-state index contributed by atoms with van der Waals surface area (Å²) in [4.78, 5) is 0. The van der Waals surface area contributed by atoms with Gasteiger partial charge in [0.15, 0.2) is 0 Å². The van der Waals surface area contributed by atoms with E-state index in [2.05, 4.69) is 0 Å². The molecule has 1 aliphatic rings. The standard InChI is InChI=1S/C12H24O6.C8H2F17NP.Cs/c1-2-14-5-6-16-9-10-18-12-11-17-8-7-15-4-3-13-1;9-3(10,11)6(18,19)27(24,25,2-1-26,7(20,21)4(12,13)14)8(22,23)5(15,16)17;/h1-12H2;2H2;/q;-1;+1. The van der Waals surface area contributed by atoms with Gasteiger partial charge in [-0.25, -0.2) is 0 Å². The van der Waals surface area contributed by atoms with Crippen molar-refractivity contribution in [3.63, 3.8) is 0 Å². The summed E-state index contributed by atoms with van der Waals surface area (Å²) in [5.41, 5.74) is -27.9. The summed E-state index contributed by atoms with van der Waals surface area (Å²) in [6.07, 6.45) is -30.5. The van der Waals surface area contributed by atoms with Crippen LogP contribution in [0.25, 0.3) is 0 Å². The summed E-state index contributed by atoms with van der Waals surface area (Å²) < 4.78 is 251. The Bertz CT molecular complexity index is 823. The summed E-state index contributed by atoms with van der Waals surface area (Å²) in [5.74, 6) is 0. The van der Waals surface area contributed by atoms with E-state index in [4.69, 9.17) is 33.7 Å². The fourth-order valence-electron chi connectivity index (χ4n) is 3.24. The molecule has 0 aromatic heterocycles. The molecule has 1 saturated heterocycles. The topological polar surface area (TPSA) is 79.2 Å². The molecule has 1 heterocycles. The zero-order valence-electron chi connectivity index (χ0n) is 23.5. The molecule has 1 aliphatic heterocycles. The summed E-state index contributed by atoms with van der Waals surface area (Å²) in [6.45, 7) is -6.90. The van der Waals surface area contributed by atoms with Crippen LogP contribution in [0.1, 0.15) is 0 Å². The Morgan fingerprint density at radius 2 is 0.565 bits per heavy atom. The largest absolute Gasteiger partial charge is 1.00 e. The smallest absolute Gasteiger partial charge is 1.00 e. The van der Waals surface area contributed by atoms with Crippen LogP contribution in [0.3, 0.4) is 0 Å². The van der Waals surface area contributed by atoms with Crippen molar-refractivity contribution >= 4 is 6.57 Å². The maximum absolute atomic E-state index is 14.5. The normalized spacial score (nSPS) is 20.3. The van der Waals surface area contributed by atoms with Crippen LogP contribution >= 0.6 is 6.57 Å². The first kappa shape index (κ1) is 48.7. The van der Waals surface area contributed by atoms with Crippen molar-refractivity contribution in [2.45, 2.75) is 35.5 Å². The van der Waals surface area contributed by atoms with Crippen molar-refractivity contribution in [1.29, 1.82) is 5.26 Å². The number of ether oxygens (including phenoxy) is 6. The van der Waals surface area contributed by atoms with Gasteiger partial charge in [0.25, 0.3) is 0 Å². The van der Waals surface area contributed by atoms with Gasteiger partial charge in [0.2, 0.25) is 0 Å². The Balaban J connectivity index is 0. The molecule has 0 saturated carbocycles. The van der Waals surface area contributed by atoms with Crippen LogP contribution in [0, 0.1) is 11.3 Å². The molecule has 0 bridgehead atoms. The van der Waals surface area contributed by atoms with Crippen molar-refractivity contribution in [3.8, 4) is 6.07 Å². The van der Waals surface area contributed by atoms with Crippen LogP contribution < -0.4 is 68.9 Å². The second-order valence-corrected chi connectivity index (χ2v) is 14.0. The van der Waals surface area contributed by atoms with E-state index in [-0.39, 0.29) is 68.9 Å². The fraction of sp³-hybridized carbons (Fsp3) is 0.950. The van der Waals surface area contributed by atoms with E-state index in [0.29, 0.717) is 79.3 Å². The van der Waals surface area contributed by atoms with Gasteiger partial charge >= 0.3 is 203 Å². The Hall–Kier alpha value is 0.542. The van der Waals surface area contributed by atoms with Gasteiger partial charge in [0.1, 0.15) is 0 Å². The van der Waals surface area contributed by atoms with Gasteiger partial charge in [-0.1, -0.05) is 0 Å². The van der Waals surface area contributed by atoms with Crippen molar-refractivity contribution in [2.75, 3.05) is 85.4 Å². The number of hydrogen-bond acceptors (Lipinski definition) is 7. The third-order valence-corrected chi connectivity index (χ3v) is 11.5. The number of nitriles is 1. The Morgan fingerprint density at radius 3 is 0.674 bits per heavy atom. The van der Waals surface area contributed by atoms with Crippen LogP contribution in [-0.4, -0.2) is 121 Å². The number of hydrogen-bond donors (Lipinski definition) is 0. The van der Waals surface area contributed by atoms with Gasteiger partial charge in [-0.2, -0.15) is 0 Å². The second-order valence-electron chi connectivity index (χ2n) is 8.73. The average molecular weight is 863 g/mol. The molecule has 0 aromatic carbocycles. The van der Waals surface area contributed by atoms with Crippen LogP contribution in [0.15, 0.2) is 0 Å². The maximum Gasteiger partial charge on any atom is 1.00 e. The zero-order valence-corrected chi connectivity index (χ0v) is 30.6. The fourth-order valence-corrected chi connectivity index (χ4v) is 7.09. The third-order valence-electron chi connectivity index (χ3n) is 5.76. The second kappa shape index (κ2) is 17.7. The molecule has 0 aliphatic carbocycles. The minimum Gasteiger partial charge on any atom is 1.00 e.